The van der Waals surface area contributed by atoms with Crippen LogP contribution in [0.2, 0.25) is 0 Å². The second-order valence-electron chi connectivity index (χ2n) is 5.56. The van der Waals surface area contributed by atoms with E-state index in [1.807, 2.05) is 35.2 Å². The van der Waals surface area contributed by atoms with Crippen LogP contribution in [0.4, 0.5) is 0 Å². The Kier molecular flexibility index (Phi) is 6.10. The van der Waals surface area contributed by atoms with E-state index in [1.54, 1.807) is 0 Å². The standard InChI is InChI=1S/C17H21NO4S/c1-12(19)21-11-15-16(22-13(2)20)8-9-17(23)18(15)10-14-6-4-3-5-7-14/h3-7,15-16H,8-11H2,1-2H3/t15-,16+/m0/s1. The van der Waals surface area contributed by atoms with Gasteiger partial charge in [-0.1, -0.05) is 42.5 Å². The van der Waals surface area contributed by atoms with E-state index in [1.165, 1.54) is 13.8 Å². The third kappa shape index (κ3) is 5.03. The first-order valence-electron chi connectivity index (χ1n) is 7.61. The highest BCUT2D eigenvalue weighted by Gasteiger charge is 2.36. The summed E-state index contributed by atoms with van der Waals surface area (Å²) >= 11 is 5.49. The van der Waals surface area contributed by atoms with Gasteiger partial charge < -0.3 is 14.4 Å². The Morgan fingerprint density at radius 1 is 1.22 bits per heavy atom. The predicted octanol–water partition coefficient (Wildman–Crippen LogP) is 2.47. The molecule has 1 aliphatic rings. The number of likely N-dealkylation sites (tertiary alicyclic amines) is 1. The van der Waals surface area contributed by atoms with Gasteiger partial charge in [0.05, 0.1) is 4.99 Å². The number of nitrogens with zero attached hydrogens (tertiary/aromatic N) is 1. The van der Waals surface area contributed by atoms with E-state index in [2.05, 4.69) is 0 Å². The summed E-state index contributed by atoms with van der Waals surface area (Å²) in [7, 11) is 0. The van der Waals surface area contributed by atoms with Crippen LogP contribution >= 0.6 is 12.2 Å². The molecule has 2 atom stereocenters. The van der Waals surface area contributed by atoms with Crippen molar-refractivity contribution in [3.05, 3.63) is 35.9 Å². The average molecular weight is 335 g/mol. The van der Waals surface area contributed by atoms with Gasteiger partial charge in [-0.25, -0.2) is 0 Å². The van der Waals surface area contributed by atoms with E-state index >= 15 is 0 Å². The van der Waals surface area contributed by atoms with Gasteiger partial charge in [-0.3, -0.25) is 9.59 Å². The summed E-state index contributed by atoms with van der Waals surface area (Å²) in [5.74, 6) is -0.696. The molecule has 0 aliphatic carbocycles. The largest absolute Gasteiger partial charge is 0.464 e. The Bertz CT molecular complexity index is 575. The number of esters is 2. The van der Waals surface area contributed by atoms with Crippen LogP contribution in [0.1, 0.15) is 32.3 Å². The number of ether oxygens (including phenoxy) is 2. The highest BCUT2D eigenvalue weighted by molar-refractivity contribution is 7.80. The minimum absolute atomic E-state index is 0.153. The lowest BCUT2D eigenvalue weighted by atomic mass is 9.98. The lowest BCUT2D eigenvalue weighted by molar-refractivity contribution is -0.154. The number of thiocarbonyl (C=S) groups is 1. The van der Waals surface area contributed by atoms with Crippen molar-refractivity contribution in [3.8, 4) is 0 Å². The summed E-state index contributed by atoms with van der Waals surface area (Å²) in [4.78, 5) is 25.3. The molecule has 23 heavy (non-hydrogen) atoms. The molecule has 0 saturated carbocycles. The molecule has 124 valence electrons. The quantitative estimate of drug-likeness (QED) is 0.609. The van der Waals surface area contributed by atoms with Gasteiger partial charge in [-0.05, 0) is 12.0 Å². The Morgan fingerprint density at radius 2 is 1.91 bits per heavy atom. The van der Waals surface area contributed by atoms with Gasteiger partial charge in [0, 0.05) is 26.8 Å². The predicted molar refractivity (Wildman–Crippen MR) is 89.8 cm³/mol. The second-order valence-corrected chi connectivity index (χ2v) is 6.03. The van der Waals surface area contributed by atoms with Gasteiger partial charge in [0.1, 0.15) is 18.8 Å². The average Bonchev–Trinajstić information content (AvgIpc) is 2.50. The number of hydrogen-bond donors (Lipinski definition) is 0. The molecule has 1 fully saturated rings. The first-order valence-corrected chi connectivity index (χ1v) is 8.02. The minimum Gasteiger partial charge on any atom is -0.464 e. The summed E-state index contributed by atoms with van der Waals surface area (Å²) < 4.78 is 10.6. The van der Waals surface area contributed by atoms with E-state index in [0.29, 0.717) is 19.4 Å². The summed E-state index contributed by atoms with van der Waals surface area (Å²) in [6.45, 7) is 3.50. The minimum atomic E-state index is -0.359. The van der Waals surface area contributed by atoms with E-state index < -0.39 is 0 Å². The van der Waals surface area contributed by atoms with Crippen LogP contribution in [-0.4, -0.2) is 40.6 Å². The topological polar surface area (TPSA) is 55.8 Å². The summed E-state index contributed by atoms with van der Waals surface area (Å²) in [6.07, 6.45) is 0.994. The zero-order valence-corrected chi connectivity index (χ0v) is 14.2. The van der Waals surface area contributed by atoms with Crippen molar-refractivity contribution in [2.24, 2.45) is 0 Å². The van der Waals surface area contributed by atoms with Crippen molar-refractivity contribution in [2.75, 3.05) is 6.61 Å². The smallest absolute Gasteiger partial charge is 0.302 e. The van der Waals surface area contributed by atoms with Crippen LogP contribution in [0.25, 0.3) is 0 Å². The fourth-order valence-electron chi connectivity index (χ4n) is 2.72. The lowest BCUT2D eigenvalue weighted by Crippen LogP contribution is -2.53. The van der Waals surface area contributed by atoms with Crippen molar-refractivity contribution >= 4 is 29.1 Å². The van der Waals surface area contributed by atoms with Gasteiger partial charge in [0.15, 0.2) is 0 Å². The first-order chi connectivity index (χ1) is 11.0. The summed E-state index contributed by atoms with van der Waals surface area (Å²) in [5, 5.41) is 0. The fourth-order valence-corrected chi connectivity index (χ4v) is 3.04. The molecule has 2 rings (SSSR count). The van der Waals surface area contributed by atoms with Crippen LogP contribution < -0.4 is 0 Å². The number of benzene rings is 1. The van der Waals surface area contributed by atoms with Crippen molar-refractivity contribution in [1.82, 2.24) is 4.90 Å². The molecular weight excluding hydrogens is 314 g/mol. The molecule has 6 heteroatoms. The highest BCUT2D eigenvalue weighted by Crippen LogP contribution is 2.25. The molecule has 0 unspecified atom stereocenters. The molecule has 1 aromatic rings. The zero-order chi connectivity index (χ0) is 16.8. The normalized spacial score (nSPS) is 21.0. The molecule has 0 N–H and O–H groups in total. The van der Waals surface area contributed by atoms with Crippen LogP contribution in [0.3, 0.4) is 0 Å². The van der Waals surface area contributed by atoms with Crippen LogP contribution in [0.15, 0.2) is 30.3 Å². The van der Waals surface area contributed by atoms with Gasteiger partial charge in [0.2, 0.25) is 0 Å². The van der Waals surface area contributed by atoms with Crippen molar-refractivity contribution in [3.63, 3.8) is 0 Å². The Labute approximate surface area is 141 Å². The molecule has 0 radical (unpaired) electrons. The van der Waals surface area contributed by atoms with Crippen LogP contribution in [-0.2, 0) is 25.6 Å². The van der Waals surface area contributed by atoms with E-state index in [-0.39, 0.29) is 30.7 Å². The first kappa shape index (κ1) is 17.4. The van der Waals surface area contributed by atoms with Crippen molar-refractivity contribution < 1.29 is 19.1 Å². The molecule has 1 heterocycles. The van der Waals surface area contributed by atoms with E-state index in [9.17, 15) is 9.59 Å². The van der Waals surface area contributed by atoms with Crippen LogP contribution in [0, 0.1) is 0 Å². The van der Waals surface area contributed by atoms with Crippen molar-refractivity contribution in [1.29, 1.82) is 0 Å². The highest BCUT2D eigenvalue weighted by atomic mass is 32.1. The van der Waals surface area contributed by atoms with Gasteiger partial charge in [0.25, 0.3) is 0 Å². The maximum absolute atomic E-state index is 11.4. The molecule has 0 bridgehead atoms. The molecular formula is C17H21NO4S. The number of hydrogen-bond acceptors (Lipinski definition) is 5. The third-order valence-electron chi connectivity index (χ3n) is 3.76. The Hall–Kier alpha value is -1.95. The van der Waals surface area contributed by atoms with Crippen LogP contribution in [0.5, 0.6) is 0 Å². The lowest BCUT2D eigenvalue weighted by Gasteiger charge is -2.41. The SMILES string of the molecule is CC(=O)OC[C@H]1[C@H](OC(C)=O)CCC(=S)N1Cc1ccccc1. The number of piperidine rings is 1. The van der Waals surface area contributed by atoms with Gasteiger partial charge in [-0.2, -0.15) is 0 Å². The molecule has 1 aliphatic heterocycles. The Morgan fingerprint density at radius 3 is 2.52 bits per heavy atom. The number of carbonyl (C=O) groups excluding carboxylic acids is 2. The van der Waals surface area contributed by atoms with Gasteiger partial charge in [-0.15, -0.1) is 0 Å². The second kappa shape index (κ2) is 8.06. The van der Waals surface area contributed by atoms with E-state index in [0.717, 1.165) is 10.6 Å². The van der Waals surface area contributed by atoms with Crippen molar-refractivity contribution in [2.45, 2.75) is 45.4 Å². The number of rotatable bonds is 5. The molecule has 0 amide bonds. The maximum Gasteiger partial charge on any atom is 0.302 e. The number of carbonyl (C=O) groups is 2. The molecule has 5 nitrogen and oxygen atoms in total. The summed E-state index contributed by atoms with van der Waals surface area (Å²) in [5.41, 5.74) is 1.10. The zero-order valence-electron chi connectivity index (χ0n) is 13.4. The third-order valence-corrected chi connectivity index (χ3v) is 4.20. The molecule has 0 aromatic heterocycles. The summed E-state index contributed by atoms with van der Waals surface area (Å²) in [6, 6.07) is 9.65. The van der Waals surface area contributed by atoms with Gasteiger partial charge >= 0.3 is 11.9 Å². The monoisotopic (exact) mass is 335 g/mol. The molecule has 1 aromatic carbocycles. The molecule has 0 spiro atoms. The molecule has 1 saturated heterocycles. The maximum atomic E-state index is 11.4. The fraction of sp³-hybridized carbons (Fsp3) is 0.471. The van der Waals surface area contributed by atoms with E-state index in [4.69, 9.17) is 21.7 Å². The Balaban J connectivity index is 2.19.